The fourth-order valence-electron chi connectivity index (χ4n) is 3.61. The van der Waals surface area contributed by atoms with Crippen molar-refractivity contribution in [3.05, 3.63) is 0 Å². The molecule has 3 heteroatoms. The molecule has 1 amide bonds. The van der Waals surface area contributed by atoms with Gasteiger partial charge in [0.25, 0.3) is 0 Å². The standard InChI is InChI=1S/C16H30N2O/c1-2-3-5-14-6-4-7-15(14)18-16(19)9-8-13-10-11-17-12-13/h13-15,17H,2-12H2,1H3,(H,18,19). The molecule has 1 saturated carbocycles. The molecule has 0 aromatic heterocycles. The van der Waals surface area contributed by atoms with E-state index >= 15 is 0 Å². The Morgan fingerprint density at radius 1 is 1.26 bits per heavy atom. The van der Waals surface area contributed by atoms with Crippen molar-refractivity contribution in [2.75, 3.05) is 13.1 Å². The lowest BCUT2D eigenvalue weighted by molar-refractivity contribution is -0.122. The lowest BCUT2D eigenvalue weighted by Crippen LogP contribution is -2.37. The third kappa shape index (κ3) is 4.79. The Bertz CT molecular complexity index is 274. The van der Waals surface area contributed by atoms with Gasteiger partial charge < -0.3 is 10.6 Å². The van der Waals surface area contributed by atoms with Gasteiger partial charge in [0.05, 0.1) is 0 Å². The van der Waals surface area contributed by atoms with Gasteiger partial charge in [-0.05, 0) is 57.0 Å². The smallest absolute Gasteiger partial charge is 0.220 e. The lowest BCUT2D eigenvalue weighted by Gasteiger charge is -2.21. The molecule has 3 nitrogen and oxygen atoms in total. The summed E-state index contributed by atoms with van der Waals surface area (Å²) in [5.74, 6) is 1.77. The van der Waals surface area contributed by atoms with Crippen molar-refractivity contribution in [3.63, 3.8) is 0 Å². The first-order chi connectivity index (χ1) is 9.29. The van der Waals surface area contributed by atoms with Crippen molar-refractivity contribution < 1.29 is 4.79 Å². The van der Waals surface area contributed by atoms with Crippen LogP contribution < -0.4 is 10.6 Å². The van der Waals surface area contributed by atoms with Crippen LogP contribution >= 0.6 is 0 Å². The molecule has 3 atom stereocenters. The molecule has 110 valence electrons. The normalized spacial score (nSPS) is 30.7. The molecule has 2 rings (SSSR count). The third-order valence-electron chi connectivity index (χ3n) is 4.88. The van der Waals surface area contributed by atoms with Gasteiger partial charge in [0.1, 0.15) is 0 Å². The summed E-state index contributed by atoms with van der Waals surface area (Å²) in [4.78, 5) is 12.0. The zero-order chi connectivity index (χ0) is 13.5. The molecule has 2 N–H and O–H groups in total. The molecule has 1 saturated heterocycles. The van der Waals surface area contributed by atoms with Crippen LogP contribution in [0.25, 0.3) is 0 Å². The molecule has 19 heavy (non-hydrogen) atoms. The number of carbonyl (C=O) groups excluding carboxylic acids is 1. The molecule has 3 unspecified atom stereocenters. The highest BCUT2D eigenvalue weighted by molar-refractivity contribution is 5.76. The summed E-state index contributed by atoms with van der Waals surface area (Å²) >= 11 is 0. The summed E-state index contributed by atoms with van der Waals surface area (Å²) in [6.45, 7) is 4.49. The maximum atomic E-state index is 12.0. The average molecular weight is 266 g/mol. The maximum Gasteiger partial charge on any atom is 0.220 e. The molecular weight excluding hydrogens is 236 g/mol. The van der Waals surface area contributed by atoms with Gasteiger partial charge in [0, 0.05) is 12.5 Å². The highest BCUT2D eigenvalue weighted by Crippen LogP contribution is 2.30. The van der Waals surface area contributed by atoms with Crippen molar-refractivity contribution in [3.8, 4) is 0 Å². The summed E-state index contributed by atoms with van der Waals surface area (Å²) in [5.41, 5.74) is 0. The molecule has 0 bridgehead atoms. The van der Waals surface area contributed by atoms with Crippen LogP contribution in [-0.2, 0) is 4.79 Å². The van der Waals surface area contributed by atoms with E-state index in [0.717, 1.165) is 37.8 Å². The van der Waals surface area contributed by atoms with E-state index in [1.807, 2.05) is 0 Å². The number of hydrogen-bond acceptors (Lipinski definition) is 2. The predicted molar refractivity (Wildman–Crippen MR) is 79.0 cm³/mol. The molecule has 1 heterocycles. The average Bonchev–Trinajstić information content (AvgIpc) is 3.05. The molecular formula is C16H30N2O. The van der Waals surface area contributed by atoms with E-state index in [0.29, 0.717) is 11.9 Å². The van der Waals surface area contributed by atoms with Crippen molar-refractivity contribution in [2.45, 2.75) is 70.8 Å². The van der Waals surface area contributed by atoms with Gasteiger partial charge in [0.15, 0.2) is 0 Å². The topological polar surface area (TPSA) is 41.1 Å². The van der Waals surface area contributed by atoms with E-state index < -0.39 is 0 Å². The van der Waals surface area contributed by atoms with Gasteiger partial charge in [-0.15, -0.1) is 0 Å². The minimum Gasteiger partial charge on any atom is -0.353 e. The molecule has 0 aromatic rings. The fourth-order valence-corrected chi connectivity index (χ4v) is 3.61. The zero-order valence-electron chi connectivity index (χ0n) is 12.4. The molecule has 1 aliphatic carbocycles. The molecule has 0 aromatic carbocycles. The van der Waals surface area contributed by atoms with Crippen LogP contribution in [0.3, 0.4) is 0 Å². The van der Waals surface area contributed by atoms with Crippen LogP contribution in [0, 0.1) is 11.8 Å². The molecule has 0 radical (unpaired) electrons. The summed E-state index contributed by atoms with van der Waals surface area (Å²) in [6, 6.07) is 0.473. The Morgan fingerprint density at radius 2 is 2.16 bits per heavy atom. The summed E-state index contributed by atoms with van der Waals surface area (Å²) in [5, 5.41) is 6.67. The van der Waals surface area contributed by atoms with Crippen molar-refractivity contribution in [2.24, 2.45) is 11.8 Å². The highest BCUT2D eigenvalue weighted by Gasteiger charge is 2.28. The number of rotatable bonds is 7. The minimum atomic E-state index is 0.292. The Labute approximate surface area is 117 Å². The van der Waals surface area contributed by atoms with E-state index in [2.05, 4.69) is 17.6 Å². The number of nitrogens with one attached hydrogen (secondary N) is 2. The van der Waals surface area contributed by atoms with Gasteiger partial charge in [0.2, 0.25) is 5.91 Å². The van der Waals surface area contributed by atoms with E-state index in [-0.39, 0.29) is 0 Å². The Morgan fingerprint density at radius 3 is 2.89 bits per heavy atom. The molecule has 2 aliphatic rings. The van der Waals surface area contributed by atoms with Gasteiger partial charge in [-0.25, -0.2) is 0 Å². The largest absolute Gasteiger partial charge is 0.353 e. The maximum absolute atomic E-state index is 12.0. The summed E-state index contributed by atoms with van der Waals surface area (Å²) in [6.07, 6.45) is 10.7. The Kier molecular flexibility index (Phi) is 6.15. The predicted octanol–water partition coefficient (Wildman–Crippen LogP) is 2.85. The highest BCUT2D eigenvalue weighted by atomic mass is 16.1. The second-order valence-electron chi connectivity index (χ2n) is 6.40. The lowest BCUT2D eigenvalue weighted by atomic mass is 9.96. The number of unbranched alkanes of at least 4 members (excludes halogenated alkanes) is 1. The SMILES string of the molecule is CCCCC1CCCC1NC(=O)CCC1CCNC1. The van der Waals surface area contributed by atoms with Crippen LogP contribution in [0.1, 0.15) is 64.7 Å². The van der Waals surface area contributed by atoms with Crippen LogP contribution in [-0.4, -0.2) is 25.0 Å². The van der Waals surface area contributed by atoms with E-state index in [9.17, 15) is 4.79 Å². The second-order valence-corrected chi connectivity index (χ2v) is 6.40. The van der Waals surface area contributed by atoms with Gasteiger partial charge in [-0.3, -0.25) is 4.79 Å². The van der Waals surface area contributed by atoms with Crippen LogP contribution in [0.5, 0.6) is 0 Å². The molecule has 0 spiro atoms. The third-order valence-corrected chi connectivity index (χ3v) is 4.88. The molecule has 2 fully saturated rings. The van der Waals surface area contributed by atoms with Crippen LogP contribution in [0.4, 0.5) is 0 Å². The Balaban J connectivity index is 1.65. The number of carbonyl (C=O) groups is 1. The number of hydrogen-bond donors (Lipinski definition) is 2. The second kappa shape index (κ2) is 7.88. The first-order valence-corrected chi connectivity index (χ1v) is 8.29. The van der Waals surface area contributed by atoms with E-state index in [1.54, 1.807) is 0 Å². The van der Waals surface area contributed by atoms with Gasteiger partial charge in [-0.1, -0.05) is 26.2 Å². The zero-order valence-corrected chi connectivity index (χ0v) is 12.4. The fraction of sp³-hybridized carbons (Fsp3) is 0.938. The van der Waals surface area contributed by atoms with Crippen LogP contribution in [0.15, 0.2) is 0 Å². The van der Waals surface area contributed by atoms with Gasteiger partial charge in [-0.2, -0.15) is 0 Å². The summed E-state index contributed by atoms with van der Waals surface area (Å²) in [7, 11) is 0. The Hall–Kier alpha value is -0.570. The van der Waals surface area contributed by atoms with E-state index in [4.69, 9.17) is 0 Å². The van der Waals surface area contributed by atoms with Gasteiger partial charge >= 0.3 is 0 Å². The number of amides is 1. The van der Waals surface area contributed by atoms with Crippen molar-refractivity contribution in [1.29, 1.82) is 0 Å². The minimum absolute atomic E-state index is 0.292. The van der Waals surface area contributed by atoms with Crippen molar-refractivity contribution >= 4 is 5.91 Å². The first-order valence-electron chi connectivity index (χ1n) is 8.29. The first kappa shape index (κ1) is 14.8. The van der Waals surface area contributed by atoms with Crippen LogP contribution in [0.2, 0.25) is 0 Å². The summed E-state index contributed by atoms with van der Waals surface area (Å²) < 4.78 is 0. The van der Waals surface area contributed by atoms with Crippen molar-refractivity contribution in [1.82, 2.24) is 10.6 Å². The molecule has 1 aliphatic heterocycles. The van der Waals surface area contributed by atoms with E-state index in [1.165, 1.54) is 44.9 Å². The quantitative estimate of drug-likeness (QED) is 0.744. The monoisotopic (exact) mass is 266 g/mol.